The molecule has 0 fully saturated rings. The lowest BCUT2D eigenvalue weighted by molar-refractivity contribution is 0.102. The van der Waals surface area contributed by atoms with E-state index in [2.05, 4.69) is 15.0 Å². The number of carbonyl (C=O) groups is 1. The summed E-state index contributed by atoms with van der Waals surface area (Å²) in [6, 6.07) is 6.55. The van der Waals surface area contributed by atoms with E-state index in [1.807, 2.05) is 0 Å². The van der Waals surface area contributed by atoms with E-state index in [1.54, 1.807) is 0 Å². The molecule has 122 valence electrons. The van der Waals surface area contributed by atoms with E-state index < -0.39 is 15.9 Å². The Hall–Kier alpha value is -2.81. The molecule has 0 aliphatic rings. The van der Waals surface area contributed by atoms with Crippen LogP contribution >= 0.6 is 0 Å². The summed E-state index contributed by atoms with van der Waals surface area (Å²) in [5.41, 5.74) is 0.458. The SMILES string of the molecule is CCS(=O)(=O)Nc1cc(C(=O)Nc2ccc(O)c(O)c2)ccn1. The minimum Gasteiger partial charge on any atom is -0.504 e. The van der Waals surface area contributed by atoms with Crippen LogP contribution in [0.15, 0.2) is 36.5 Å². The average molecular weight is 337 g/mol. The van der Waals surface area contributed by atoms with Gasteiger partial charge in [-0.3, -0.25) is 9.52 Å². The van der Waals surface area contributed by atoms with E-state index in [0.29, 0.717) is 0 Å². The number of phenols is 2. The van der Waals surface area contributed by atoms with Crippen molar-refractivity contribution in [2.45, 2.75) is 6.92 Å². The highest BCUT2D eigenvalue weighted by atomic mass is 32.2. The molecule has 0 spiro atoms. The van der Waals surface area contributed by atoms with E-state index >= 15 is 0 Å². The second kappa shape index (κ2) is 6.53. The summed E-state index contributed by atoms with van der Waals surface area (Å²) in [5, 5.41) is 21.1. The fourth-order valence-electron chi connectivity index (χ4n) is 1.66. The first-order chi connectivity index (χ1) is 10.8. The summed E-state index contributed by atoms with van der Waals surface area (Å²) >= 11 is 0. The van der Waals surface area contributed by atoms with Gasteiger partial charge in [0.1, 0.15) is 5.82 Å². The summed E-state index contributed by atoms with van der Waals surface area (Å²) in [5.74, 6) is -1.27. The Kier molecular flexibility index (Phi) is 4.70. The van der Waals surface area contributed by atoms with Crippen LogP contribution in [0, 0.1) is 0 Å². The minimum absolute atomic E-state index is 0.0352. The average Bonchev–Trinajstić information content (AvgIpc) is 2.51. The lowest BCUT2D eigenvalue weighted by Gasteiger charge is -2.08. The van der Waals surface area contributed by atoms with Crippen LogP contribution in [-0.2, 0) is 10.0 Å². The van der Waals surface area contributed by atoms with Crippen molar-refractivity contribution in [2.75, 3.05) is 15.8 Å². The molecule has 0 atom stereocenters. The maximum atomic E-state index is 12.1. The number of hydrogen-bond donors (Lipinski definition) is 4. The second-order valence-corrected chi connectivity index (χ2v) is 6.60. The molecule has 9 heteroatoms. The van der Waals surface area contributed by atoms with Gasteiger partial charge >= 0.3 is 0 Å². The third-order valence-electron chi connectivity index (χ3n) is 2.90. The molecule has 1 heterocycles. The summed E-state index contributed by atoms with van der Waals surface area (Å²) in [6.45, 7) is 1.48. The first-order valence-electron chi connectivity index (χ1n) is 6.60. The van der Waals surface area contributed by atoms with E-state index in [1.165, 1.54) is 43.5 Å². The zero-order chi connectivity index (χ0) is 17.0. The Morgan fingerprint density at radius 3 is 2.57 bits per heavy atom. The van der Waals surface area contributed by atoms with Crippen molar-refractivity contribution in [1.29, 1.82) is 0 Å². The number of rotatable bonds is 5. The fraction of sp³-hybridized carbons (Fsp3) is 0.143. The Bertz CT molecular complexity index is 836. The van der Waals surface area contributed by atoms with Crippen molar-refractivity contribution in [3.63, 3.8) is 0 Å². The van der Waals surface area contributed by atoms with Crippen LogP contribution < -0.4 is 10.0 Å². The number of hydrogen-bond acceptors (Lipinski definition) is 6. The van der Waals surface area contributed by atoms with Crippen molar-refractivity contribution in [3.05, 3.63) is 42.1 Å². The van der Waals surface area contributed by atoms with Crippen LogP contribution in [0.4, 0.5) is 11.5 Å². The Morgan fingerprint density at radius 2 is 1.91 bits per heavy atom. The van der Waals surface area contributed by atoms with Crippen LogP contribution in [0.2, 0.25) is 0 Å². The molecule has 0 aliphatic heterocycles. The molecule has 2 rings (SSSR count). The number of anilines is 2. The quantitative estimate of drug-likeness (QED) is 0.483. The summed E-state index contributed by atoms with van der Waals surface area (Å²) in [6.07, 6.45) is 1.30. The Morgan fingerprint density at radius 1 is 1.17 bits per heavy atom. The molecular weight excluding hydrogens is 322 g/mol. The highest BCUT2D eigenvalue weighted by Gasteiger charge is 2.12. The number of aromatic hydroxyl groups is 2. The van der Waals surface area contributed by atoms with Gasteiger partial charge in [-0.2, -0.15) is 0 Å². The number of phenolic OH excluding ortho intramolecular Hbond substituents is 2. The molecule has 4 N–H and O–H groups in total. The molecule has 0 aliphatic carbocycles. The summed E-state index contributed by atoms with van der Waals surface area (Å²) in [7, 11) is -3.49. The van der Waals surface area contributed by atoms with Crippen molar-refractivity contribution >= 4 is 27.4 Å². The van der Waals surface area contributed by atoms with Crippen LogP contribution in [0.5, 0.6) is 11.5 Å². The number of amides is 1. The predicted molar refractivity (Wildman–Crippen MR) is 85.0 cm³/mol. The van der Waals surface area contributed by atoms with Gasteiger partial charge in [0, 0.05) is 23.5 Å². The van der Waals surface area contributed by atoms with Gasteiger partial charge in [0.15, 0.2) is 11.5 Å². The van der Waals surface area contributed by atoms with Gasteiger partial charge < -0.3 is 15.5 Å². The number of nitrogens with zero attached hydrogens (tertiary/aromatic N) is 1. The number of pyridine rings is 1. The molecule has 1 aromatic heterocycles. The maximum Gasteiger partial charge on any atom is 0.255 e. The third-order valence-corrected chi connectivity index (χ3v) is 4.18. The smallest absolute Gasteiger partial charge is 0.255 e. The first kappa shape index (κ1) is 16.6. The van der Waals surface area contributed by atoms with Gasteiger partial charge in [0.2, 0.25) is 10.0 Å². The van der Waals surface area contributed by atoms with Crippen LogP contribution in [0.1, 0.15) is 17.3 Å². The van der Waals surface area contributed by atoms with Crippen molar-refractivity contribution in [3.8, 4) is 11.5 Å². The standard InChI is InChI=1S/C14H15N3O5S/c1-2-23(21,22)17-13-7-9(5-6-15-13)14(20)16-10-3-4-11(18)12(19)8-10/h3-8,18-19H,2H2,1H3,(H,15,17)(H,16,20). The summed E-state index contributed by atoms with van der Waals surface area (Å²) < 4.78 is 25.3. The van der Waals surface area contributed by atoms with E-state index in [-0.39, 0.29) is 34.3 Å². The first-order valence-corrected chi connectivity index (χ1v) is 8.26. The molecule has 2 aromatic rings. The lowest BCUT2D eigenvalue weighted by atomic mass is 10.2. The van der Waals surface area contributed by atoms with Gasteiger partial charge in [-0.05, 0) is 31.2 Å². The Labute approximate surface area is 132 Å². The van der Waals surface area contributed by atoms with E-state index in [4.69, 9.17) is 0 Å². The fourth-order valence-corrected chi connectivity index (χ4v) is 2.24. The highest BCUT2D eigenvalue weighted by molar-refractivity contribution is 7.92. The van der Waals surface area contributed by atoms with Crippen molar-refractivity contribution in [1.82, 2.24) is 4.98 Å². The van der Waals surface area contributed by atoms with Crippen molar-refractivity contribution < 1.29 is 23.4 Å². The number of sulfonamides is 1. The second-order valence-electron chi connectivity index (χ2n) is 4.59. The van der Waals surface area contributed by atoms with Gasteiger partial charge in [-0.15, -0.1) is 0 Å². The van der Waals surface area contributed by atoms with E-state index in [9.17, 15) is 23.4 Å². The van der Waals surface area contributed by atoms with Crippen molar-refractivity contribution in [2.24, 2.45) is 0 Å². The molecule has 1 amide bonds. The monoisotopic (exact) mass is 337 g/mol. The highest BCUT2D eigenvalue weighted by Crippen LogP contribution is 2.27. The normalized spacial score (nSPS) is 11.0. The molecule has 23 heavy (non-hydrogen) atoms. The molecule has 8 nitrogen and oxygen atoms in total. The van der Waals surface area contributed by atoms with Gasteiger partial charge in [0.05, 0.1) is 5.75 Å². The third kappa shape index (κ3) is 4.33. The number of nitrogens with one attached hydrogen (secondary N) is 2. The van der Waals surface area contributed by atoms with Gasteiger partial charge in [-0.1, -0.05) is 0 Å². The zero-order valence-electron chi connectivity index (χ0n) is 12.1. The predicted octanol–water partition coefficient (Wildman–Crippen LogP) is 1.51. The molecule has 1 aromatic carbocycles. The van der Waals surface area contributed by atoms with E-state index in [0.717, 1.165) is 0 Å². The zero-order valence-corrected chi connectivity index (χ0v) is 13.0. The number of aromatic nitrogens is 1. The molecule has 0 bridgehead atoms. The van der Waals surface area contributed by atoms with Gasteiger partial charge in [-0.25, -0.2) is 13.4 Å². The molecule has 0 unspecified atom stereocenters. The van der Waals surface area contributed by atoms with Crippen LogP contribution in [0.3, 0.4) is 0 Å². The molecule has 0 radical (unpaired) electrons. The van der Waals surface area contributed by atoms with Crippen LogP contribution in [0.25, 0.3) is 0 Å². The maximum absolute atomic E-state index is 12.1. The number of carbonyl (C=O) groups excluding carboxylic acids is 1. The summed E-state index contributed by atoms with van der Waals surface area (Å²) in [4.78, 5) is 16.0. The molecular formula is C14H15N3O5S. The largest absolute Gasteiger partial charge is 0.504 e. The minimum atomic E-state index is -3.49. The lowest BCUT2D eigenvalue weighted by Crippen LogP contribution is -2.17. The molecule has 0 saturated carbocycles. The topological polar surface area (TPSA) is 129 Å². The van der Waals surface area contributed by atoms with Crippen LogP contribution in [-0.4, -0.2) is 35.3 Å². The molecule has 0 saturated heterocycles. The number of benzene rings is 1. The Balaban J connectivity index is 2.18. The van der Waals surface area contributed by atoms with Gasteiger partial charge in [0.25, 0.3) is 5.91 Å².